The summed E-state index contributed by atoms with van der Waals surface area (Å²) < 4.78 is 5.69. The van der Waals surface area contributed by atoms with Gasteiger partial charge in [-0.25, -0.2) is 0 Å². The van der Waals surface area contributed by atoms with Crippen molar-refractivity contribution in [2.45, 2.75) is 32.9 Å². The average Bonchev–Trinajstić information content (AvgIpc) is 2.37. The number of aromatic nitrogens is 1. The molecule has 0 saturated carbocycles. The molecular weight excluding hydrogens is 236 g/mol. The largest absolute Gasteiger partial charge is 0.487 e. The highest BCUT2D eigenvalue weighted by Crippen LogP contribution is 2.19. The van der Waals surface area contributed by atoms with Crippen LogP contribution in [0.4, 0.5) is 5.69 Å². The normalized spacial score (nSPS) is 11.1. The van der Waals surface area contributed by atoms with Crippen molar-refractivity contribution >= 4 is 5.69 Å². The highest BCUT2D eigenvalue weighted by Gasteiger charge is 2.08. The van der Waals surface area contributed by atoms with E-state index < -0.39 is 0 Å². The Morgan fingerprint density at radius 2 is 1.79 bits per heavy atom. The van der Waals surface area contributed by atoms with Gasteiger partial charge in [0.2, 0.25) is 0 Å². The highest BCUT2D eigenvalue weighted by atomic mass is 16.5. The van der Waals surface area contributed by atoms with Crippen molar-refractivity contribution in [1.29, 1.82) is 0 Å². The van der Waals surface area contributed by atoms with Crippen molar-refractivity contribution in [2.24, 2.45) is 0 Å². The van der Waals surface area contributed by atoms with Crippen LogP contribution in [0.15, 0.2) is 48.7 Å². The lowest BCUT2D eigenvalue weighted by molar-refractivity contribution is 0.301. The number of nitrogens with one attached hydrogen (secondary N) is 1. The zero-order valence-corrected chi connectivity index (χ0v) is 11.7. The zero-order valence-electron chi connectivity index (χ0n) is 11.7. The molecule has 0 atom stereocenters. The van der Waals surface area contributed by atoms with Gasteiger partial charge in [0.15, 0.2) is 0 Å². The molecule has 1 N–H and O–H groups in total. The molecule has 0 aliphatic carbocycles. The molecule has 1 aromatic carbocycles. The number of hydrogen-bond acceptors (Lipinski definition) is 3. The van der Waals surface area contributed by atoms with E-state index in [1.54, 1.807) is 6.20 Å². The predicted molar refractivity (Wildman–Crippen MR) is 78.4 cm³/mol. The monoisotopic (exact) mass is 256 g/mol. The Kier molecular flexibility index (Phi) is 4.05. The van der Waals surface area contributed by atoms with Crippen molar-refractivity contribution in [1.82, 2.24) is 4.98 Å². The molecule has 0 radical (unpaired) electrons. The fraction of sp³-hybridized carbons (Fsp3) is 0.312. The quantitative estimate of drug-likeness (QED) is 0.901. The summed E-state index contributed by atoms with van der Waals surface area (Å²) in [4.78, 5) is 4.22. The Morgan fingerprint density at radius 1 is 1.05 bits per heavy atom. The van der Waals surface area contributed by atoms with Gasteiger partial charge in [-0.05, 0) is 57.2 Å². The van der Waals surface area contributed by atoms with Crippen LogP contribution in [0, 0.1) is 0 Å². The summed E-state index contributed by atoms with van der Waals surface area (Å²) in [6.45, 7) is 6.91. The van der Waals surface area contributed by atoms with Gasteiger partial charge in [0.1, 0.15) is 12.4 Å². The first-order chi connectivity index (χ1) is 9.03. The Labute approximate surface area is 114 Å². The topological polar surface area (TPSA) is 34.1 Å². The zero-order chi connectivity index (χ0) is 13.7. The molecule has 100 valence electrons. The molecule has 0 spiro atoms. The van der Waals surface area contributed by atoms with E-state index in [1.165, 1.54) is 0 Å². The third-order valence-electron chi connectivity index (χ3n) is 2.49. The Balaban J connectivity index is 1.92. The summed E-state index contributed by atoms with van der Waals surface area (Å²) in [6, 6.07) is 13.8. The molecule has 19 heavy (non-hydrogen) atoms. The van der Waals surface area contributed by atoms with Gasteiger partial charge in [-0.1, -0.05) is 6.07 Å². The molecule has 0 unspecified atom stereocenters. The molecule has 3 heteroatoms. The van der Waals surface area contributed by atoms with Crippen LogP contribution >= 0.6 is 0 Å². The van der Waals surface area contributed by atoms with Crippen molar-refractivity contribution in [3.63, 3.8) is 0 Å². The number of ether oxygens (including phenoxy) is 1. The van der Waals surface area contributed by atoms with Gasteiger partial charge in [-0.3, -0.25) is 4.98 Å². The molecule has 0 aliphatic heterocycles. The summed E-state index contributed by atoms with van der Waals surface area (Å²) in [5, 5.41) is 3.41. The van der Waals surface area contributed by atoms with Gasteiger partial charge in [0, 0.05) is 17.4 Å². The maximum atomic E-state index is 5.69. The van der Waals surface area contributed by atoms with Gasteiger partial charge < -0.3 is 10.1 Å². The number of rotatable bonds is 4. The second kappa shape index (κ2) is 5.74. The molecule has 1 heterocycles. The molecule has 0 aliphatic rings. The highest BCUT2D eigenvalue weighted by molar-refractivity contribution is 5.47. The third-order valence-corrected chi connectivity index (χ3v) is 2.49. The van der Waals surface area contributed by atoms with Gasteiger partial charge in [0.25, 0.3) is 0 Å². The van der Waals surface area contributed by atoms with Crippen LogP contribution in [0.1, 0.15) is 26.5 Å². The first-order valence-electron chi connectivity index (χ1n) is 6.44. The fourth-order valence-electron chi connectivity index (χ4n) is 1.71. The van der Waals surface area contributed by atoms with Crippen molar-refractivity contribution < 1.29 is 4.74 Å². The summed E-state index contributed by atoms with van der Waals surface area (Å²) in [5.74, 6) is 0.852. The molecule has 0 saturated heterocycles. The second-order valence-corrected chi connectivity index (χ2v) is 5.51. The summed E-state index contributed by atoms with van der Waals surface area (Å²) in [6.07, 6.45) is 1.77. The standard InChI is InChI=1S/C16H20N2O/c1-16(2,3)18-13-7-9-15(10-8-13)19-12-14-6-4-5-11-17-14/h4-11,18H,12H2,1-3H3. The average molecular weight is 256 g/mol. The van der Waals surface area contributed by atoms with E-state index in [9.17, 15) is 0 Å². The van der Waals surface area contributed by atoms with Crippen LogP contribution in [-0.2, 0) is 6.61 Å². The lowest BCUT2D eigenvalue weighted by Crippen LogP contribution is -2.25. The Morgan fingerprint density at radius 3 is 2.37 bits per heavy atom. The van der Waals surface area contributed by atoms with Crippen LogP contribution in [-0.4, -0.2) is 10.5 Å². The van der Waals surface area contributed by atoms with E-state index in [2.05, 4.69) is 31.1 Å². The summed E-state index contributed by atoms with van der Waals surface area (Å²) in [5.41, 5.74) is 2.09. The molecule has 2 rings (SSSR count). The van der Waals surface area contributed by atoms with Crippen LogP contribution in [0.5, 0.6) is 5.75 Å². The minimum atomic E-state index is 0.0658. The number of pyridine rings is 1. The van der Waals surface area contributed by atoms with E-state index in [4.69, 9.17) is 4.74 Å². The SMILES string of the molecule is CC(C)(C)Nc1ccc(OCc2ccccn2)cc1. The minimum Gasteiger partial charge on any atom is -0.487 e. The maximum Gasteiger partial charge on any atom is 0.130 e. The smallest absolute Gasteiger partial charge is 0.130 e. The number of benzene rings is 1. The van der Waals surface area contributed by atoms with Crippen molar-refractivity contribution in [3.05, 3.63) is 54.4 Å². The molecule has 2 aromatic rings. The van der Waals surface area contributed by atoms with E-state index in [-0.39, 0.29) is 5.54 Å². The predicted octanol–water partition coefficient (Wildman–Crippen LogP) is 3.87. The van der Waals surface area contributed by atoms with Gasteiger partial charge in [0.05, 0.1) is 5.69 Å². The third kappa shape index (κ3) is 4.62. The number of hydrogen-bond donors (Lipinski definition) is 1. The lowest BCUT2D eigenvalue weighted by Gasteiger charge is -2.22. The molecule has 1 aromatic heterocycles. The van der Waals surface area contributed by atoms with Crippen molar-refractivity contribution in [2.75, 3.05) is 5.32 Å². The molecule has 0 bridgehead atoms. The minimum absolute atomic E-state index is 0.0658. The molecular formula is C16H20N2O. The Bertz CT molecular complexity index is 501. The van der Waals surface area contributed by atoms with E-state index in [0.29, 0.717) is 6.61 Å². The summed E-state index contributed by atoms with van der Waals surface area (Å²) >= 11 is 0. The lowest BCUT2D eigenvalue weighted by atomic mass is 10.1. The molecule has 3 nitrogen and oxygen atoms in total. The Hall–Kier alpha value is -2.03. The fourth-order valence-corrected chi connectivity index (χ4v) is 1.71. The van der Waals surface area contributed by atoms with Gasteiger partial charge in [-0.2, -0.15) is 0 Å². The number of nitrogens with zero attached hydrogens (tertiary/aromatic N) is 1. The first kappa shape index (κ1) is 13.4. The van der Waals surface area contributed by atoms with Gasteiger partial charge in [-0.15, -0.1) is 0 Å². The molecule has 0 amide bonds. The van der Waals surface area contributed by atoms with E-state index >= 15 is 0 Å². The van der Waals surface area contributed by atoms with Crippen LogP contribution in [0.25, 0.3) is 0 Å². The van der Waals surface area contributed by atoms with Crippen LogP contribution in [0.2, 0.25) is 0 Å². The summed E-state index contributed by atoms with van der Waals surface area (Å²) in [7, 11) is 0. The second-order valence-electron chi connectivity index (χ2n) is 5.51. The van der Waals surface area contributed by atoms with Crippen LogP contribution < -0.4 is 10.1 Å². The molecule has 0 fully saturated rings. The number of anilines is 1. The van der Waals surface area contributed by atoms with E-state index in [1.807, 2.05) is 42.5 Å². The van der Waals surface area contributed by atoms with Crippen LogP contribution in [0.3, 0.4) is 0 Å². The maximum absolute atomic E-state index is 5.69. The van der Waals surface area contributed by atoms with Gasteiger partial charge >= 0.3 is 0 Å². The van der Waals surface area contributed by atoms with E-state index in [0.717, 1.165) is 17.1 Å². The first-order valence-corrected chi connectivity index (χ1v) is 6.44. The van der Waals surface area contributed by atoms with Crippen molar-refractivity contribution in [3.8, 4) is 5.75 Å².